The van der Waals surface area contributed by atoms with E-state index in [1.165, 1.54) is 22.9 Å². The molecule has 3 heterocycles. The summed E-state index contributed by atoms with van der Waals surface area (Å²) in [7, 11) is 0. The van der Waals surface area contributed by atoms with Crippen molar-refractivity contribution in [3.8, 4) is 5.69 Å². The number of carbonyl (C=O) groups is 1. The summed E-state index contributed by atoms with van der Waals surface area (Å²) in [6, 6.07) is 4.42. The summed E-state index contributed by atoms with van der Waals surface area (Å²) in [6.07, 6.45) is 3.52. The first-order chi connectivity index (χ1) is 13.1. The highest BCUT2D eigenvalue weighted by Crippen LogP contribution is 2.20. The Bertz CT molecular complexity index is 967. The Balaban J connectivity index is 0.00000225. The van der Waals surface area contributed by atoms with Crippen molar-refractivity contribution in [3.05, 3.63) is 41.7 Å². The summed E-state index contributed by atoms with van der Waals surface area (Å²) in [5.74, 6) is -0.483. The average molecular weight is 408 g/mol. The van der Waals surface area contributed by atoms with E-state index >= 15 is 0 Å². The molecule has 1 fully saturated rings. The minimum atomic E-state index is -0.500. The predicted molar refractivity (Wildman–Crippen MR) is 100 cm³/mol. The topological polar surface area (TPSA) is 115 Å². The van der Waals surface area contributed by atoms with Crippen molar-refractivity contribution in [1.29, 1.82) is 0 Å². The van der Waals surface area contributed by atoms with Gasteiger partial charge in [0.1, 0.15) is 11.5 Å². The minimum Gasteiger partial charge on any atom is -0.320 e. The molecule has 0 bridgehead atoms. The molecule has 2 N–H and O–H groups in total. The van der Waals surface area contributed by atoms with E-state index in [9.17, 15) is 9.18 Å². The van der Waals surface area contributed by atoms with Crippen LogP contribution in [0.15, 0.2) is 24.4 Å². The number of aryl methyl sites for hydroxylation is 1. The third-order valence-electron chi connectivity index (χ3n) is 4.48. The summed E-state index contributed by atoms with van der Waals surface area (Å²) < 4.78 is 17.1. The molecule has 3 aromatic rings. The van der Waals surface area contributed by atoms with Gasteiger partial charge in [-0.3, -0.25) is 4.79 Å². The van der Waals surface area contributed by atoms with Crippen molar-refractivity contribution in [2.24, 2.45) is 0 Å². The van der Waals surface area contributed by atoms with Crippen LogP contribution in [0.5, 0.6) is 0 Å². The van der Waals surface area contributed by atoms with E-state index in [4.69, 9.17) is 0 Å². The average Bonchev–Trinajstić information content (AvgIpc) is 3.33. The fraction of sp³-hybridized carbons (Fsp3) is 0.375. The van der Waals surface area contributed by atoms with E-state index in [-0.39, 0.29) is 29.8 Å². The quantitative estimate of drug-likeness (QED) is 0.669. The molecule has 12 heteroatoms. The molecule has 0 unspecified atom stereocenters. The number of benzene rings is 1. The highest BCUT2D eigenvalue weighted by molar-refractivity contribution is 6.02. The molecule has 10 nitrogen and oxygen atoms in total. The lowest BCUT2D eigenvalue weighted by atomic mass is 10.1. The number of carbonyl (C=O) groups excluding carboxylic acids is 1. The first kappa shape index (κ1) is 19.8. The standard InChI is InChI=1S/C16H18FN9O.ClH/c1-10-20-22-24-26(10)15-8-11(2-3-13(15)17)19-16(27)14-9-25(23-21-14)12-4-6-18-7-5-12;/h2-3,8-9,12,18H,4-7H2,1H3,(H,19,27);1H. The summed E-state index contributed by atoms with van der Waals surface area (Å²) in [6.45, 7) is 3.49. The first-order valence-electron chi connectivity index (χ1n) is 8.60. The van der Waals surface area contributed by atoms with Gasteiger partial charge in [-0.25, -0.2) is 9.07 Å². The number of aromatic nitrogens is 7. The lowest BCUT2D eigenvalue weighted by Crippen LogP contribution is -2.29. The van der Waals surface area contributed by atoms with E-state index in [2.05, 4.69) is 36.5 Å². The number of piperidine rings is 1. The summed E-state index contributed by atoms with van der Waals surface area (Å²) >= 11 is 0. The van der Waals surface area contributed by atoms with Crippen LogP contribution in [0.2, 0.25) is 0 Å². The van der Waals surface area contributed by atoms with Crippen LogP contribution in [0.1, 0.15) is 35.2 Å². The summed E-state index contributed by atoms with van der Waals surface area (Å²) in [5, 5.41) is 25.0. The zero-order valence-electron chi connectivity index (χ0n) is 15.0. The zero-order chi connectivity index (χ0) is 18.8. The molecule has 1 aliphatic rings. The van der Waals surface area contributed by atoms with Gasteiger partial charge in [0.05, 0.1) is 12.2 Å². The Kier molecular flexibility index (Phi) is 5.95. The minimum absolute atomic E-state index is 0. The number of hydrogen-bond donors (Lipinski definition) is 2. The normalized spacial score (nSPS) is 14.5. The van der Waals surface area contributed by atoms with Gasteiger partial charge in [0.15, 0.2) is 11.5 Å². The Labute approximate surface area is 165 Å². The fourth-order valence-corrected chi connectivity index (χ4v) is 3.03. The zero-order valence-corrected chi connectivity index (χ0v) is 15.9. The molecular weight excluding hydrogens is 389 g/mol. The van der Waals surface area contributed by atoms with Crippen molar-refractivity contribution in [1.82, 2.24) is 40.5 Å². The lowest BCUT2D eigenvalue weighted by Gasteiger charge is -2.22. The second kappa shape index (κ2) is 8.40. The maximum atomic E-state index is 14.1. The number of halogens is 2. The fourth-order valence-electron chi connectivity index (χ4n) is 3.03. The molecule has 1 aromatic carbocycles. The van der Waals surface area contributed by atoms with Crippen molar-refractivity contribution < 1.29 is 9.18 Å². The van der Waals surface area contributed by atoms with Crippen molar-refractivity contribution in [3.63, 3.8) is 0 Å². The SMILES string of the molecule is Cc1nnnn1-c1cc(NC(=O)c2cn(C3CCNCC3)nn2)ccc1F.Cl. The third kappa shape index (κ3) is 3.99. The monoisotopic (exact) mass is 407 g/mol. The first-order valence-corrected chi connectivity index (χ1v) is 8.60. The predicted octanol–water partition coefficient (Wildman–Crippen LogP) is 1.30. The summed E-state index contributed by atoms with van der Waals surface area (Å²) in [5.41, 5.74) is 0.759. The highest BCUT2D eigenvalue weighted by atomic mass is 35.5. The second-order valence-electron chi connectivity index (χ2n) is 6.32. The van der Waals surface area contributed by atoms with Crippen molar-refractivity contribution in [2.45, 2.75) is 25.8 Å². The molecule has 1 saturated heterocycles. The Morgan fingerprint density at radius 3 is 2.75 bits per heavy atom. The molecule has 0 aliphatic carbocycles. The lowest BCUT2D eigenvalue weighted by molar-refractivity contribution is 0.102. The van der Waals surface area contributed by atoms with Gasteiger partial charge in [0.2, 0.25) is 0 Å². The van der Waals surface area contributed by atoms with Crippen LogP contribution in [0.4, 0.5) is 10.1 Å². The van der Waals surface area contributed by atoms with E-state index in [1.807, 2.05) is 0 Å². The molecule has 2 aromatic heterocycles. The van der Waals surface area contributed by atoms with Crippen LogP contribution >= 0.6 is 12.4 Å². The number of rotatable bonds is 4. The second-order valence-corrected chi connectivity index (χ2v) is 6.32. The van der Waals surface area contributed by atoms with Gasteiger partial charge < -0.3 is 10.6 Å². The van der Waals surface area contributed by atoms with Crippen LogP contribution in [0.3, 0.4) is 0 Å². The van der Waals surface area contributed by atoms with Crippen LogP contribution in [-0.4, -0.2) is 54.2 Å². The molecule has 0 spiro atoms. The Hall–Kier alpha value is -2.92. The molecule has 1 amide bonds. The number of anilines is 1. The third-order valence-corrected chi connectivity index (χ3v) is 4.48. The maximum absolute atomic E-state index is 14.1. The largest absolute Gasteiger partial charge is 0.320 e. The van der Waals surface area contributed by atoms with E-state index in [1.54, 1.807) is 17.8 Å². The number of nitrogens with zero attached hydrogens (tertiary/aromatic N) is 7. The van der Waals surface area contributed by atoms with Gasteiger partial charge in [-0.05, 0) is 61.5 Å². The van der Waals surface area contributed by atoms with Gasteiger partial charge in [-0.15, -0.1) is 22.6 Å². The number of tetrazole rings is 1. The van der Waals surface area contributed by atoms with Crippen LogP contribution < -0.4 is 10.6 Å². The van der Waals surface area contributed by atoms with E-state index in [0.29, 0.717) is 11.5 Å². The molecule has 0 atom stereocenters. The van der Waals surface area contributed by atoms with Gasteiger partial charge in [0.25, 0.3) is 5.91 Å². The van der Waals surface area contributed by atoms with Gasteiger partial charge >= 0.3 is 0 Å². The van der Waals surface area contributed by atoms with E-state index < -0.39 is 11.7 Å². The van der Waals surface area contributed by atoms with E-state index in [0.717, 1.165) is 25.9 Å². The maximum Gasteiger partial charge on any atom is 0.277 e. The van der Waals surface area contributed by atoms with Crippen LogP contribution in [0.25, 0.3) is 5.69 Å². The van der Waals surface area contributed by atoms with Gasteiger partial charge in [-0.2, -0.15) is 4.68 Å². The summed E-state index contributed by atoms with van der Waals surface area (Å²) in [4.78, 5) is 12.5. The molecule has 0 saturated carbocycles. The molecule has 148 valence electrons. The van der Waals surface area contributed by atoms with Gasteiger partial charge in [0, 0.05) is 5.69 Å². The van der Waals surface area contributed by atoms with Crippen LogP contribution in [0, 0.1) is 12.7 Å². The number of amides is 1. The molecule has 1 aliphatic heterocycles. The molecule has 28 heavy (non-hydrogen) atoms. The van der Waals surface area contributed by atoms with Crippen LogP contribution in [-0.2, 0) is 0 Å². The highest BCUT2D eigenvalue weighted by Gasteiger charge is 2.19. The number of hydrogen-bond acceptors (Lipinski definition) is 7. The molecule has 4 rings (SSSR count). The van der Waals surface area contributed by atoms with Gasteiger partial charge in [-0.1, -0.05) is 5.21 Å². The smallest absolute Gasteiger partial charge is 0.277 e. The molecule has 0 radical (unpaired) electrons. The number of nitrogens with one attached hydrogen (secondary N) is 2. The van der Waals surface area contributed by atoms with Crippen molar-refractivity contribution in [2.75, 3.05) is 18.4 Å². The van der Waals surface area contributed by atoms with Crippen molar-refractivity contribution >= 4 is 24.0 Å². The molecular formula is C16H19ClFN9O. The Morgan fingerprint density at radius 2 is 2.04 bits per heavy atom. The Morgan fingerprint density at radius 1 is 1.25 bits per heavy atom.